The number of hydrogen-bond donors (Lipinski definition) is 0. The molecule has 1 aliphatic carbocycles. The molecule has 0 amide bonds. The molecule has 1 aromatic rings. The maximum atomic E-state index is 10.1. The summed E-state index contributed by atoms with van der Waals surface area (Å²) in [6.07, 6.45) is 18.4. The molecule has 0 bridgehead atoms. The molecule has 3 rings (SSSR count). The maximum absolute atomic E-state index is 10.1. The van der Waals surface area contributed by atoms with E-state index in [2.05, 4.69) is 142 Å². The standard InChI is InChI=1S/C51H76N4O3Si2/c1-16-17-18-19-22-44-40(21-20-23-46-45(38-54)47(42(36-52)37-53)58-51(46,10)11)34-50(8,9)35-41(44)27-24-39-25-28-43(29-26-39)55(30-32-56-59(12,13)48(2,3)4)31-33-57-60(14,15)49(5,6)7/h20-21,23-29H,16-19,22,30-35H2,1-15H3/b23-20+,27-24+,40-21+. The third-order valence-corrected chi connectivity index (χ3v) is 22.1. The molecule has 0 saturated carbocycles. The number of benzene rings is 1. The van der Waals surface area contributed by atoms with Crippen LogP contribution in [0.15, 0.2) is 87.8 Å². The molecule has 326 valence electrons. The van der Waals surface area contributed by atoms with Crippen molar-refractivity contribution in [3.8, 4) is 18.2 Å². The zero-order valence-corrected chi connectivity index (χ0v) is 42.0. The zero-order chi connectivity index (χ0) is 45.2. The average molecular weight is 849 g/mol. The van der Waals surface area contributed by atoms with Crippen LogP contribution in [0.5, 0.6) is 0 Å². The predicted octanol–water partition coefficient (Wildman–Crippen LogP) is 14.0. The topological polar surface area (TPSA) is 102 Å². The van der Waals surface area contributed by atoms with Gasteiger partial charge in [-0.3, -0.25) is 0 Å². The highest BCUT2D eigenvalue weighted by atomic mass is 28.4. The van der Waals surface area contributed by atoms with E-state index in [0.717, 1.165) is 44.3 Å². The van der Waals surface area contributed by atoms with Gasteiger partial charge in [0, 0.05) is 24.4 Å². The van der Waals surface area contributed by atoms with Crippen LogP contribution in [0.4, 0.5) is 5.69 Å². The third kappa shape index (κ3) is 13.5. The van der Waals surface area contributed by atoms with E-state index in [-0.39, 0.29) is 32.4 Å². The second kappa shape index (κ2) is 20.8. The molecule has 0 spiro atoms. The minimum atomic E-state index is -1.87. The fraction of sp³-hybridized carbons (Fsp3) is 0.588. The van der Waals surface area contributed by atoms with Crippen LogP contribution in [0.25, 0.3) is 6.08 Å². The fourth-order valence-electron chi connectivity index (χ4n) is 7.24. The molecule has 0 aromatic heterocycles. The van der Waals surface area contributed by atoms with Crippen LogP contribution in [0.3, 0.4) is 0 Å². The molecule has 1 heterocycles. The lowest BCUT2D eigenvalue weighted by atomic mass is 9.70. The Hall–Kier alpha value is -3.92. The lowest BCUT2D eigenvalue weighted by Gasteiger charge is -2.38. The Balaban J connectivity index is 1.98. The Morgan fingerprint density at radius 3 is 1.87 bits per heavy atom. The van der Waals surface area contributed by atoms with Crippen LogP contribution in [0, 0.1) is 39.4 Å². The van der Waals surface area contributed by atoms with Crippen LogP contribution in [0.1, 0.15) is 127 Å². The summed E-state index contributed by atoms with van der Waals surface area (Å²) in [5, 5.41) is 29.4. The van der Waals surface area contributed by atoms with Gasteiger partial charge in [0.2, 0.25) is 0 Å². The SMILES string of the molecule is CCCCCCC1=C(/C=C/c2ccc(N(CCO[Si](C)(C)C(C)(C)C)CCO[Si](C)(C)C(C)(C)C)cc2)CC(C)(C)C/C1=C\C=C\C1=C(C#N)C(=C(C#N)C#N)OC1(C)C. The Bertz CT molecular complexity index is 1930. The lowest BCUT2D eigenvalue weighted by Crippen LogP contribution is -2.44. The van der Waals surface area contributed by atoms with Gasteiger partial charge in [-0.1, -0.05) is 124 Å². The first-order valence-electron chi connectivity index (χ1n) is 22.1. The molecular formula is C51H76N4O3Si2. The van der Waals surface area contributed by atoms with Crippen LogP contribution in [0.2, 0.25) is 36.3 Å². The highest BCUT2D eigenvalue weighted by molar-refractivity contribution is 6.74. The summed E-state index contributed by atoms with van der Waals surface area (Å²) in [4.78, 5) is 2.43. The second-order valence-corrected chi connectivity index (χ2v) is 30.6. The molecule has 0 fully saturated rings. The molecule has 1 aliphatic heterocycles. The molecule has 0 N–H and O–H groups in total. The monoisotopic (exact) mass is 849 g/mol. The van der Waals surface area contributed by atoms with Gasteiger partial charge < -0.3 is 18.5 Å². The summed E-state index contributed by atoms with van der Waals surface area (Å²) in [5.74, 6) is 0.0644. The molecule has 0 saturated heterocycles. The minimum absolute atomic E-state index is 0.0623. The van der Waals surface area contributed by atoms with Crippen LogP contribution < -0.4 is 4.90 Å². The number of rotatable bonds is 18. The molecule has 0 unspecified atom stereocenters. The van der Waals surface area contributed by atoms with Crippen molar-refractivity contribution < 1.29 is 13.6 Å². The van der Waals surface area contributed by atoms with E-state index >= 15 is 0 Å². The summed E-state index contributed by atoms with van der Waals surface area (Å²) in [7, 11) is -3.75. The minimum Gasteiger partial charge on any atom is -0.480 e. The number of nitrogens with zero attached hydrogens (tertiary/aromatic N) is 4. The van der Waals surface area contributed by atoms with Gasteiger partial charge in [-0.25, -0.2) is 0 Å². The summed E-state index contributed by atoms with van der Waals surface area (Å²) in [5.41, 5.74) is 6.37. The van der Waals surface area contributed by atoms with Crippen molar-refractivity contribution in [3.05, 3.63) is 93.3 Å². The van der Waals surface area contributed by atoms with Crippen LogP contribution in [-0.4, -0.2) is 48.5 Å². The fourth-order valence-corrected chi connectivity index (χ4v) is 9.31. The molecule has 2 aliphatic rings. The first kappa shape index (κ1) is 50.4. The summed E-state index contributed by atoms with van der Waals surface area (Å²) < 4.78 is 19.3. The number of nitriles is 3. The van der Waals surface area contributed by atoms with E-state index in [4.69, 9.17) is 13.6 Å². The molecule has 0 radical (unpaired) electrons. The van der Waals surface area contributed by atoms with Gasteiger partial charge in [-0.2, -0.15) is 15.8 Å². The Morgan fingerprint density at radius 2 is 1.37 bits per heavy atom. The van der Waals surface area contributed by atoms with Gasteiger partial charge in [0.05, 0.1) is 13.2 Å². The van der Waals surface area contributed by atoms with Crippen molar-refractivity contribution in [2.45, 2.75) is 163 Å². The normalized spacial score (nSPS) is 17.9. The first-order chi connectivity index (χ1) is 27.8. The Morgan fingerprint density at radius 1 is 0.800 bits per heavy atom. The first-order valence-corrected chi connectivity index (χ1v) is 27.9. The van der Waals surface area contributed by atoms with Crippen LogP contribution >= 0.6 is 0 Å². The van der Waals surface area contributed by atoms with Crippen molar-refractivity contribution in [2.75, 3.05) is 31.2 Å². The quantitative estimate of drug-likeness (QED) is 0.0823. The van der Waals surface area contributed by atoms with E-state index in [0.29, 0.717) is 18.8 Å². The van der Waals surface area contributed by atoms with E-state index < -0.39 is 22.2 Å². The summed E-state index contributed by atoms with van der Waals surface area (Å²) in [6.45, 7) is 36.7. The van der Waals surface area contributed by atoms with E-state index in [1.54, 1.807) is 0 Å². The number of allylic oxidation sites excluding steroid dienone is 8. The highest BCUT2D eigenvalue weighted by Crippen LogP contribution is 2.45. The molecule has 0 atom stereocenters. The molecule has 1 aromatic carbocycles. The second-order valence-electron chi connectivity index (χ2n) is 21.0. The highest BCUT2D eigenvalue weighted by Gasteiger charge is 2.40. The summed E-state index contributed by atoms with van der Waals surface area (Å²) >= 11 is 0. The van der Waals surface area contributed by atoms with Gasteiger partial charge in [-0.05, 0) is 116 Å². The van der Waals surface area contributed by atoms with Crippen molar-refractivity contribution in [1.29, 1.82) is 15.8 Å². The number of hydrogen-bond acceptors (Lipinski definition) is 7. The number of unbranched alkanes of at least 4 members (excludes halogenated alkanes) is 3. The van der Waals surface area contributed by atoms with Gasteiger partial charge >= 0.3 is 0 Å². The average Bonchev–Trinajstić information content (AvgIpc) is 3.40. The van der Waals surface area contributed by atoms with Crippen molar-refractivity contribution >= 4 is 28.4 Å². The number of ether oxygens (including phenoxy) is 1. The largest absolute Gasteiger partial charge is 0.480 e. The van der Waals surface area contributed by atoms with Gasteiger partial charge in [0.1, 0.15) is 29.4 Å². The zero-order valence-electron chi connectivity index (χ0n) is 40.0. The molecule has 9 heteroatoms. The predicted molar refractivity (Wildman–Crippen MR) is 256 cm³/mol. The Labute approximate surface area is 367 Å². The Kier molecular flexibility index (Phi) is 17.5. The van der Waals surface area contributed by atoms with Crippen molar-refractivity contribution in [3.63, 3.8) is 0 Å². The van der Waals surface area contributed by atoms with Gasteiger partial charge in [0.15, 0.2) is 28.0 Å². The third-order valence-electron chi connectivity index (χ3n) is 13.0. The van der Waals surface area contributed by atoms with Gasteiger partial charge in [-0.15, -0.1) is 0 Å². The lowest BCUT2D eigenvalue weighted by molar-refractivity contribution is 0.0954. The summed E-state index contributed by atoms with van der Waals surface area (Å²) in [6, 6.07) is 14.9. The van der Waals surface area contributed by atoms with Crippen LogP contribution in [-0.2, 0) is 13.6 Å². The van der Waals surface area contributed by atoms with E-state index in [1.807, 2.05) is 38.1 Å². The molecule has 7 nitrogen and oxygen atoms in total. The van der Waals surface area contributed by atoms with Gasteiger partial charge in [0.25, 0.3) is 0 Å². The van der Waals surface area contributed by atoms with Crippen molar-refractivity contribution in [1.82, 2.24) is 0 Å². The molecular weight excluding hydrogens is 773 g/mol. The van der Waals surface area contributed by atoms with Crippen molar-refractivity contribution in [2.24, 2.45) is 5.41 Å². The van der Waals surface area contributed by atoms with E-state index in [9.17, 15) is 15.8 Å². The molecule has 60 heavy (non-hydrogen) atoms. The van der Waals surface area contributed by atoms with E-state index in [1.165, 1.54) is 41.7 Å². The maximum Gasteiger partial charge on any atom is 0.192 e. The smallest absolute Gasteiger partial charge is 0.192 e. The number of anilines is 1.